The Kier molecular flexibility index (Phi) is 3.92. The van der Waals surface area contributed by atoms with Crippen LogP contribution in [-0.4, -0.2) is 36.1 Å². The highest BCUT2D eigenvalue weighted by atomic mass is 16.4. The Labute approximate surface area is 123 Å². The lowest BCUT2D eigenvalue weighted by Gasteiger charge is -2.34. The van der Waals surface area contributed by atoms with Crippen molar-refractivity contribution in [2.24, 2.45) is 0 Å². The fraction of sp³-hybridized carbons (Fsp3) is 0.500. The first-order chi connectivity index (χ1) is 10.2. The van der Waals surface area contributed by atoms with Crippen molar-refractivity contribution >= 4 is 17.6 Å². The number of piperidine rings is 1. The molecule has 5 heteroatoms. The van der Waals surface area contributed by atoms with E-state index in [1.54, 1.807) is 18.2 Å². The van der Waals surface area contributed by atoms with Gasteiger partial charge in [0, 0.05) is 12.2 Å². The number of benzene rings is 1. The molecular formula is C16H20N2O3. The first-order valence-corrected chi connectivity index (χ1v) is 7.58. The number of hydrogen-bond donors (Lipinski definition) is 2. The van der Waals surface area contributed by atoms with Crippen LogP contribution in [0.15, 0.2) is 18.2 Å². The van der Waals surface area contributed by atoms with Crippen LogP contribution in [0.2, 0.25) is 0 Å². The number of carboxylic acids is 1. The largest absolute Gasteiger partial charge is 0.478 e. The molecule has 0 bridgehead atoms. The summed E-state index contributed by atoms with van der Waals surface area (Å²) in [7, 11) is 0. The number of aromatic carboxylic acids is 1. The highest BCUT2D eigenvalue weighted by Crippen LogP contribution is 2.29. The summed E-state index contributed by atoms with van der Waals surface area (Å²) < 4.78 is 0. The van der Waals surface area contributed by atoms with Crippen LogP contribution in [0.25, 0.3) is 0 Å². The minimum atomic E-state index is -0.921. The van der Waals surface area contributed by atoms with E-state index in [9.17, 15) is 9.59 Å². The van der Waals surface area contributed by atoms with Crippen molar-refractivity contribution < 1.29 is 14.7 Å². The lowest BCUT2D eigenvalue weighted by molar-refractivity contribution is -0.121. The maximum absolute atomic E-state index is 12.7. The molecular weight excluding hydrogens is 268 g/mol. The molecule has 1 amide bonds. The zero-order chi connectivity index (χ0) is 14.8. The molecule has 112 valence electrons. The van der Waals surface area contributed by atoms with E-state index < -0.39 is 5.97 Å². The van der Waals surface area contributed by atoms with Gasteiger partial charge < -0.3 is 15.3 Å². The van der Waals surface area contributed by atoms with Crippen LogP contribution in [0.5, 0.6) is 0 Å². The van der Waals surface area contributed by atoms with Crippen molar-refractivity contribution in [3.63, 3.8) is 0 Å². The van der Waals surface area contributed by atoms with Crippen LogP contribution >= 0.6 is 0 Å². The third kappa shape index (κ3) is 2.78. The number of rotatable bonds is 2. The molecule has 0 radical (unpaired) electrons. The van der Waals surface area contributed by atoms with E-state index in [4.69, 9.17) is 5.11 Å². The van der Waals surface area contributed by atoms with Gasteiger partial charge in [0.1, 0.15) is 0 Å². The molecule has 0 spiro atoms. The van der Waals surface area contributed by atoms with E-state index in [1.807, 2.05) is 4.90 Å². The molecule has 0 aliphatic carbocycles. The molecule has 1 saturated heterocycles. The minimum Gasteiger partial charge on any atom is -0.478 e. The number of carbonyl (C=O) groups is 2. The summed E-state index contributed by atoms with van der Waals surface area (Å²) in [5.74, 6) is -0.797. The number of carbonyl (C=O) groups excluding carboxylic acids is 1. The summed E-state index contributed by atoms with van der Waals surface area (Å²) in [6.45, 7) is 1.62. The monoisotopic (exact) mass is 288 g/mol. The first-order valence-electron chi connectivity index (χ1n) is 7.58. The topological polar surface area (TPSA) is 69.6 Å². The van der Waals surface area contributed by atoms with Crippen molar-refractivity contribution in [2.75, 3.05) is 18.0 Å². The van der Waals surface area contributed by atoms with Gasteiger partial charge in [-0.05, 0) is 56.0 Å². The summed E-state index contributed by atoms with van der Waals surface area (Å²) in [6, 6.07) is 4.97. The number of fused-ring (bicyclic) bond motifs is 1. The molecule has 21 heavy (non-hydrogen) atoms. The van der Waals surface area contributed by atoms with Crippen LogP contribution < -0.4 is 10.2 Å². The molecule has 0 saturated carbocycles. The summed E-state index contributed by atoms with van der Waals surface area (Å²) in [4.78, 5) is 25.6. The average Bonchev–Trinajstić information content (AvgIpc) is 2.54. The van der Waals surface area contributed by atoms with Gasteiger partial charge in [0.2, 0.25) is 5.91 Å². The number of aryl methyl sites for hydroxylation is 1. The molecule has 1 fully saturated rings. The second kappa shape index (κ2) is 5.85. The van der Waals surface area contributed by atoms with Gasteiger partial charge in [-0.1, -0.05) is 6.42 Å². The number of anilines is 1. The Balaban J connectivity index is 1.86. The summed E-state index contributed by atoms with van der Waals surface area (Å²) in [5.41, 5.74) is 2.13. The highest BCUT2D eigenvalue weighted by Gasteiger charge is 2.29. The molecule has 0 unspecified atom stereocenters. The Hall–Kier alpha value is -1.88. The van der Waals surface area contributed by atoms with Gasteiger partial charge in [-0.25, -0.2) is 4.79 Å². The normalized spacial score (nSPS) is 21.7. The van der Waals surface area contributed by atoms with Gasteiger partial charge in [-0.15, -0.1) is 0 Å². The predicted molar refractivity (Wildman–Crippen MR) is 79.7 cm³/mol. The number of amides is 1. The SMILES string of the molecule is O=C(O)c1ccc2c(c1)CCCN2C(=O)[C@H]1CCCCN1. The maximum Gasteiger partial charge on any atom is 0.335 e. The summed E-state index contributed by atoms with van der Waals surface area (Å²) in [6.07, 6.45) is 4.81. The fourth-order valence-corrected chi connectivity index (χ4v) is 3.21. The van der Waals surface area contributed by atoms with E-state index in [0.717, 1.165) is 56.4 Å². The summed E-state index contributed by atoms with van der Waals surface area (Å²) >= 11 is 0. The number of carboxylic acid groups (broad SMARTS) is 1. The highest BCUT2D eigenvalue weighted by molar-refractivity contribution is 5.99. The number of hydrogen-bond acceptors (Lipinski definition) is 3. The van der Waals surface area contributed by atoms with Gasteiger partial charge in [0.15, 0.2) is 0 Å². The molecule has 2 N–H and O–H groups in total. The van der Waals surface area contributed by atoms with Gasteiger partial charge in [-0.3, -0.25) is 4.79 Å². The predicted octanol–water partition coefficient (Wildman–Crippen LogP) is 1.81. The third-order valence-corrected chi connectivity index (χ3v) is 4.32. The second-order valence-electron chi connectivity index (χ2n) is 5.74. The third-order valence-electron chi connectivity index (χ3n) is 4.32. The smallest absolute Gasteiger partial charge is 0.335 e. The van der Waals surface area contributed by atoms with E-state index in [1.165, 1.54) is 0 Å². The second-order valence-corrected chi connectivity index (χ2v) is 5.74. The van der Waals surface area contributed by atoms with E-state index in [0.29, 0.717) is 5.56 Å². The Morgan fingerprint density at radius 1 is 1.24 bits per heavy atom. The average molecular weight is 288 g/mol. The summed E-state index contributed by atoms with van der Waals surface area (Å²) in [5, 5.41) is 12.4. The zero-order valence-electron chi connectivity index (χ0n) is 12.0. The Bertz CT molecular complexity index is 565. The van der Waals surface area contributed by atoms with Crippen molar-refractivity contribution in [1.29, 1.82) is 0 Å². The Morgan fingerprint density at radius 2 is 2.10 bits per heavy atom. The van der Waals surface area contributed by atoms with Crippen LogP contribution in [0.1, 0.15) is 41.6 Å². The molecule has 5 nitrogen and oxygen atoms in total. The molecule has 2 heterocycles. The molecule has 1 atom stereocenters. The quantitative estimate of drug-likeness (QED) is 0.870. The lowest BCUT2D eigenvalue weighted by atomic mass is 9.97. The van der Waals surface area contributed by atoms with Crippen molar-refractivity contribution in [3.05, 3.63) is 29.3 Å². The first kappa shape index (κ1) is 14.1. The molecule has 3 rings (SSSR count). The Morgan fingerprint density at radius 3 is 2.81 bits per heavy atom. The maximum atomic E-state index is 12.7. The van der Waals surface area contributed by atoms with E-state index in [-0.39, 0.29) is 11.9 Å². The number of nitrogens with one attached hydrogen (secondary N) is 1. The van der Waals surface area contributed by atoms with E-state index >= 15 is 0 Å². The molecule has 1 aromatic carbocycles. The molecule has 0 aromatic heterocycles. The van der Waals surface area contributed by atoms with Gasteiger partial charge in [0.05, 0.1) is 11.6 Å². The number of nitrogens with zero attached hydrogens (tertiary/aromatic N) is 1. The van der Waals surface area contributed by atoms with Crippen LogP contribution in [0, 0.1) is 0 Å². The zero-order valence-corrected chi connectivity index (χ0v) is 12.0. The fourth-order valence-electron chi connectivity index (χ4n) is 3.21. The van der Waals surface area contributed by atoms with Crippen LogP contribution in [0.3, 0.4) is 0 Å². The van der Waals surface area contributed by atoms with Crippen molar-refractivity contribution in [3.8, 4) is 0 Å². The van der Waals surface area contributed by atoms with Crippen molar-refractivity contribution in [1.82, 2.24) is 5.32 Å². The van der Waals surface area contributed by atoms with Gasteiger partial charge >= 0.3 is 5.97 Å². The molecule has 1 aromatic rings. The molecule has 2 aliphatic heterocycles. The molecule has 2 aliphatic rings. The minimum absolute atomic E-state index is 0.0937. The van der Waals surface area contributed by atoms with Crippen molar-refractivity contribution in [2.45, 2.75) is 38.1 Å². The lowest BCUT2D eigenvalue weighted by Crippen LogP contribution is -2.50. The van der Waals surface area contributed by atoms with E-state index in [2.05, 4.69) is 5.32 Å². The van der Waals surface area contributed by atoms with Crippen LogP contribution in [-0.2, 0) is 11.2 Å². The van der Waals surface area contributed by atoms with Gasteiger partial charge in [-0.2, -0.15) is 0 Å². The standard InChI is InChI=1S/C16H20N2O3/c19-15(13-5-1-2-8-17-13)18-9-3-4-11-10-12(16(20)21)6-7-14(11)18/h6-7,10,13,17H,1-5,8-9H2,(H,20,21)/t13-/m1/s1. The van der Waals surface area contributed by atoms with Gasteiger partial charge in [0.25, 0.3) is 0 Å². The van der Waals surface area contributed by atoms with Crippen LogP contribution in [0.4, 0.5) is 5.69 Å².